The Balaban J connectivity index is 1.91. The zero-order valence-corrected chi connectivity index (χ0v) is 12.1. The van der Waals surface area contributed by atoms with Gasteiger partial charge in [0, 0.05) is 24.8 Å². The summed E-state index contributed by atoms with van der Waals surface area (Å²) >= 11 is 0. The predicted octanol–water partition coefficient (Wildman–Crippen LogP) is 1.76. The largest absolute Gasteiger partial charge is 0.325 e. The smallest absolute Gasteiger partial charge is 0.238 e. The van der Waals surface area contributed by atoms with E-state index >= 15 is 0 Å². The Kier molecular flexibility index (Phi) is 5.09. The molecule has 1 heterocycles. The maximum atomic E-state index is 13.4. The minimum atomic E-state index is -0.295. The van der Waals surface area contributed by atoms with E-state index in [2.05, 4.69) is 22.5 Å². The van der Waals surface area contributed by atoms with Gasteiger partial charge in [-0.1, -0.05) is 13.0 Å². The summed E-state index contributed by atoms with van der Waals surface area (Å²) in [4.78, 5) is 14.2. The molecule has 0 spiro atoms. The van der Waals surface area contributed by atoms with Crippen molar-refractivity contribution in [3.63, 3.8) is 0 Å². The Labute approximate surface area is 119 Å². The SMILES string of the molecule is CCCN(CC(=O)Nc1ccc(C)c(F)c1)C1CNC1. The monoisotopic (exact) mass is 279 g/mol. The van der Waals surface area contributed by atoms with Crippen LogP contribution in [-0.2, 0) is 4.79 Å². The minimum Gasteiger partial charge on any atom is -0.325 e. The molecule has 0 aromatic heterocycles. The van der Waals surface area contributed by atoms with Gasteiger partial charge in [0.2, 0.25) is 5.91 Å². The summed E-state index contributed by atoms with van der Waals surface area (Å²) in [5.41, 5.74) is 1.09. The van der Waals surface area contributed by atoms with Gasteiger partial charge in [-0.2, -0.15) is 0 Å². The van der Waals surface area contributed by atoms with E-state index in [1.165, 1.54) is 6.07 Å². The van der Waals surface area contributed by atoms with Crippen LogP contribution in [0.1, 0.15) is 18.9 Å². The Morgan fingerprint density at radius 2 is 2.25 bits per heavy atom. The zero-order valence-electron chi connectivity index (χ0n) is 12.1. The first-order valence-electron chi connectivity index (χ1n) is 7.11. The number of aryl methyl sites for hydroxylation is 1. The molecule has 0 bridgehead atoms. The highest BCUT2D eigenvalue weighted by molar-refractivity contribution is 5.92. The first-order valence-corrected chi connectivity index (χ1v) is 7.11. The van der Waals surface area contributed by atoms with Gasteiger partial charge in [0.1, 0.15) is 5.82 Å². The van der Waals surface area contributed by atoms with Crippen LogP contribution in [0.15, 0.2) is 18.2 Å². The number of halogens is 1. The molecule has 1 amide bonds. The molecule has 1 aliphatic heterocycles. The first kappa shape index (κ1) is 14.9. The van der Waals surface area contributed by atoms with Crippen molar-refractivity contribution < 1.29 is 9.18 Å². The molecular formula is C15H22FN3O. The maximum Gasteiger partial charge on any atom is 0.238 e. The van der Waals surface area contributed by atoms with Crippen LogP contribution in [0.25, 0.3) is 0 Å². The van der Waals surface area contributed by atoms with Crippen LogP contribution in [0.2, 0.25) is 0 Å². The number of hydrogen-bond acceptors (Lipinski definition) is 3. The van der Waals surface area contributed by atoms with Gasteiger partial charge in [0.25, 0.3) is 0 Å². The van der Waals surface area contributed by atoms with Gasteiger partial charge in [-0.15, -0.1) is 0 Å². The quantitative estimate of drug-likeness (QED) is 0.834. The van der Waals surface area contributed by atoms with Gasteiger partial charge >= 0.3 is 0 Å². The highest BCUT2D eigenvalue weighted by Crippen LogP contribution is 2.14. The third kappa shape index (κ3) is 3.77. The number of hydrogen-bond donors (Lipinski definition) is 2. The van der Waals surface area contributed by atoms with E-state index in [1.807, 2.05) is 0 Å². The van der Waals surface area contributed by atoms with E-state index in [1.54, 1.807) is 19.1 Å². The Morgan fingerprint density at radius 3 is 2.80 bits per heavy atom. The normalized spacial score (nSPS) is 15.2. The summed E-state index contributed by atoms with van der Waals surface area (Å²) in [6.07, 6.45) is 1.02. The molecule has 1 fully saturated rings. The fourth-order valence-corrected chi connectivity index (χ4v) is 2.27. The number of nitrogens with zero attached hydrogens (tertiary/aromatic N) is 1. The van der Waals surface area contributed by atoms with E-state index in [0.29, 0.717) is 23.8 Å². The minimum absolute atomic E-state index is 0.0893. The van der Waals surface area contributed by atoms with E-state index in [0.717, 1.165) is 26.1 Å². The van der Waals surface area contributed by atoms with Crippen molar-refractivity contribution in [2.75, 3.05) is 31.5 Å². The Bertz CT molecular complexity index is 474. The zero-order chi connectivity index (χ0) is 14.5. The summed E-state index contributed by atoms with van der Waals surface area (Å²) < 4.78 is 13.4. The van der Waals surface area contributed by atoms with Crippen LogP contribution in [-0.4, -0.2) is 43.0 Å². The lowest BCUT2D eigenvalue weighted by Gasteiger charge is -2.37. The molecule has 0 radical (unpaired) electrons. The molecule has 1 aromatic carbocycles. The number of carbonyl (C=O) groups excluding carboxylic acids is 1. The van der Waals surface area contributed by atoms with Gasteiger partial charge in [-0.05, 0) is 37.6 Å². The lowest BCUT2D eigenvalue weighted by Crippen LogP contribution is -2.58. The summed E-state index contributed by atoms with van der Waals surface area (Å²) in [6, 6.07) is 5.20. The molecule has 1 saturated heterocycles. The van der Waals surface area contributed by atoms with E-state index in [4.69, 9.17) is 0 Å². The molecule has 0 saturated carbocycles. The molecule has 1 aromatic rings. The predicted molar refractivity (Wildman–Crippen MR) is 78.3 cm³/mol. The second-order valence-corrected chi connectivity index (χ2v) is 5.29. The van der Waals surface area contributed by atoms with Gasteiger partial charge in [0.05, 0.1) is 6.54 Å². The van der Waals surface area contributed by atoms with Crippen molar-refractivity contribution in [2.24, 2.45) is 0 Å². The second-order valence-electron chi connectivity index (χ2n) is 5.29. The third-order valence-corrected chi connectivity index (χ3v) is 3.59. The highest BCUT2D eigenvalue weighted by atomic mass is 19.1. The Hall–Kier alpha value is -1.46. The fraction of sp³-hybridized carbons (Fsp3) is 0.533. The number of rotatable bonds is 6. The number of anilines is 1. The number of amides is 1. The topological polar surface area (TPSA) is 44.4 Å². The van der Waals surface area contributed by atoms with Crippen molar-refractivity contribution in [3.05, 3.63) is 29.6 Å². The highest BCUT2D eigenvalue weighted by Gasteiger charge is 2.25. The molecule has 1 aliphatic rings. The van der Waals surface area contributed by atoms with Crippen LogP contribution < -0.4 is 10.6 Å². The van der Waals surface area contributed by atoms with Crippen molar-refractivity contribution in [1.29, 1.82) is 0 Å². The summed E-state index contributed by atoms with van der Waals surface area (Å²) in [5.74, 6) is -0.384. The van der Waals surface area contributed by atoms with Gasteiger partial charge in [-0.25, -0.2) is 4.39 Å². The third-order valence-electron chi connectivity index (χ3n) is 3.59. The van der Waals surface area contributed by atoms with Crippen molar-refractivity contribution >= 4 is 11.6 Å². The Morgan fingerprint density at radius 1 is 1.50 bits per heavy atom. The number of carbonyl (C=O) groups is 1. The van der Waals surface area contributed by atoms with Gasteiger partial charge in [-0.3, -0.25) is 9.69 Å². The van der Waals surface area contributed by atoms with Crippen molar-refractivity contribution in [1.82, 2.24) is 10.2 Å². The number of nitrogens with one attached hydrogen (secondary N) is 2. The maximum absolute atomic E-state index is 13.4. The van der Waals surface area contributed by atoms with Crippen LogP contribution in [0.5, 0.6) is 0 Å². The molecule has 5 heteroatoms. The molecule has 0 unspecified atom stereocenters. The number of benzene rings is 1. The summed E-state index contributed by atoms with van der Waals surface area (Å²) in [5, 5.41) is 5.97. The standard InChI is InChI=1S/C15H22FN3O/c1-3-6-19(13-8-17-9-13)10-15(20)18-12-5-4-11(2)14(16)7-12/h4-5,7,13,17H,3,6,8-10H2,1-2H3,(H,18,20). The molecule has 0 atom stereocenters. The lowest BCUT2D eigenvalue weighted by molar-refractivity contribution is -0.118. The molecule has 2 rings (SSSR count). The van der Waals surface area contributed by atoms with Crippen LogP contribution >= 0.6 is 0 Å². The molecular weight excluding hydrogens is 257 g/mol. The van der Waals surface area contributed by atoms with Crippen molar-refractivity contribution in [3.8, 4) is 0 Å². The molecule has 2 N–H and O–H groups in total. The van der Waals surface area contributed by atoms with Crippen LogP contribution in [0.3, 0.4) is 0 Å². The van der Waals surface area contributed by atoms with E-state index in [-0.39, 0.29) is 11.7 Å². The average Bonchev–Trinajstić information content (AvgIpc) is 2.32. The molecule has 4 nitrogen and oxygen atoms in total. The first-order chi connectivity index (χ1) is 9.60. The molecule has 110 valence electrons. The summed E-state index contributed by atoms with van der Waals surface area (Å²) in [7, 11) is 0. The van der Waals surface area contributed by atoms with E-state index in [9.17, 15) is 9.18 Å². The lowest BCUT2D eigenvalue weighted by atomic mass is 10.1. The van der Waals surface area contributed by atoms with Crippen molar-refractivity contribution in [2.45, 2.75) is 26.3 Å². The van der Waals surface area contributed by atoms with Crippen LogP contribution in [0, 0.1) is 12.7 Å². The van der Waals surface area contributed by atoms with Crippen LogP contribution in [0.4, 0.5) is 10.1 Å². The average molecular weight is 279 g/mol. The summed E-state index contributed by atoms with van der Waals surface area (Å²) in [6.45, 7) is 6.94. The molecule has 20 heavy (non-hydrogen) atoms. The van der Waals surface area contributed by atoms with E-state index < -0.39 is 0 Å². The molecule has 0 aliphatic carbocycles. The second kappa shape index (κ2) is 6.81. The fourth-order valence-electron chi connectivity index (χ4n) is 2.27. The van der Waals surface area contributed by atoms with Gasteiger partial charge < -0.3 is 10.6 Å². The van der Waals surface area contributed by atoms with Gasteiger partial charge in [0.15, 0.2) is 0 Å².